The van der Waals surface area contributed by atoms with Gasteiger partial charge in [-0.2, -0.15) is 0 Å². The Balaban J connectivity index is 1.51. The number of esters is 1. The number of hydrogen-bond donors (Lipinski definition) is 0. The third kappa shape index (κ3) is 4.27. The van der Waals surface area contributed by atoms with Gasteiger partial charge in [-0.25, -0.2) is 9.78 Å². The van der Waals surface area contributed by atoms with Gasteiger partial charge < -0.3 is 13.8 Å². The minimum atomic E-state index is -0.553. The monoisotopic (exact) mass is 423 g/mol. The molecule has 0 aromatic carbocycles. The molecule has 0 radical (unpaired) electrons. The summed E-state index contributed by atoms with van der Waals surface area (Å²) in [5, 5.41) is 4.49. The topological polar surface area (TPSA) is 87.2 Å². The number of pyridine rings is 1. The minimum absolute atomic E-state index is 0.202. The molecule has 164 valence electrons. The van der Waals surface area contributed by atoms with Crippen molar-refractivity contribution in [3.05, 3.63) is 46.0 Å². The van der Waals surface area contributed by atoms with Crippen LogP contribution in [0.25, 0.3) is 11.1 Å². The molecule has 0 spiro atoms. The fourth-order valence-electron chi connectivity index (χ4n) is 3.96. The number of ether oxygens (including phenoxy) is 1. The number of rotatable bonds is 8. The molecule has 4 rings (SSSR count). The Labute approximate surface area is 181 Å². The summed E-state index contributed by atoms with van der Waals surface area (Å²) in [6, 6.07) is 3.64. The van der Waals surface area contributed by atoms with Gasteiger partial charge in [0.05, 0.1) is 16.6 Å². The normalized spacial score (nSPS) is 13.9. The lowest BCUT2D eigenvalue weighted by molar-refractivity contribution is 0.0476. The van der Waals surface area contributed by atoms with Crippen LogP contribution in [-0.4, -0.2) is 33.1 Å². The molecule has 7 heteroatoms. The number of Topliss-reactive ketones (excluding diaryl/α,β-unsaturated/α-hetero) is 1. The van der Waals surface area contributed by atoms with Crippen molar-refractivity contribution in [3.63, 3.8) is 0 Å². The first kappa shape index (κ1) is 21.3. The summed E-state index contributed by atoms with van der Waals surface area (Å²) in [5.41, 5.74) is 4.66. The fourth-order valence-corrected chi connectivity index (χ4v) is 3.96. The quantitative estimate of drug-likeness (QED) is 0.378. The highest BCUT2D eigenvalue weighted by molar-refractivity contribution is 6.05. The van der Waals surface area contributed by atoms with Crippen molar-refractivity contribution >= 4 is 22.9 Å². The van der Waals surface area contributed by atoms with Gasteiger partial charge in [-0.15, -0.1) is 0 Å². The molecule has 3 aromatic rings. The van der Waals surface area contributed by atoms with Gasteiger partial charge in [0.1, 0.15) is 0 Å². The predicted octanol–water partition coefficient (Wildman–Crippen LogP) is 4.91. The van der Waals surface area contributed by atoms with Crippen LogP contribution in [0.15, 0.2) is 16.7 Å². The van der Waals surface area contributed by atoms with Gasteiger partial charge in [0.25, 0.3) is 5.71 Å². The highest BCUT2D eigenvalue weighted by Gasteiger charge is 2.29. The number of hydrogen-bond acceptors (Lipinski definition) is 6. The molecule has 0 N–H and O–H groups in total. The first-order valence-corrected chi connectivity index (χ1v) is 10.9. The maximum Gasteiger partial charge on any atom is 0.339 e. The molecule has 0 saturated heterocycles. The zero-order chi connectivity index (χ0) is 22.3. The summed E-state index contributed by atoms with van der Waals surface area (Å²) in [6.07, 6.45) is 3.13. The Bertz CT molecular complexity index is 1150. The Morgan fingerprint density at radius 1 is 1.19 bits per heavy atom. The van der Waals surface area contributed by atoms with E-state index < -0.39 is 5.97 Å². The van der Waals surface area contributed by atoms with Crippen molar-refractivity contribution in [1.29, 1.82) is 0 Å². The second-order valence-corrected chi connectivity index (χ2v) is 8.94. The summed E-state index contributed by atoms with van der Waals surface area (Å²) in [4.78, 5) is 30.2. The van der Waals surface area contributed by atoms with E-state index >= 15 is 0 Å². The molecule has 31 heavy (non-hydrogen) atoms. The molecule has 1 saturated carbocycles. The number of nitrogens with zero attached hydrogens (tertiary/aromatic N) is 3. The van der Waals surface area contributed by atoms with Crippen LogP contribution in [0.3, 0.4) is 0 Å². The van der Waals surface area contributed by atoms with Gasteiger partial charge in [0.15, 0.2) is 6.61 Å². The van der Waals surface area contributed by atoms with Crippen LogP contribution in [0, 0.1) is 26.7 Å². The zero-order valence-corrected chi connectivity index (χ0v) is 18.8. The van der Waals surface area contributed by atoms with Gasteiger partial charge >= 0.3 is 5.97 Å². The lowest BCUT2D eigenvalue weighted by Gasteiger charge is -2.11. The van der Waals surface area contributed by atoms with E-state index in [9.17, 15) is 9.59 Å². The fraction of sp³-hybridized carbons (Fsp3) is 0.500. The number of fused-ring (bicyclic) bond motifs is 1. The summed E-state index contributed by atoms with van der Waals surface area (Å²) in [5.74, 6) is 0.175. The molecular weight excluding hydrogens is 394 g/mol. The number of carbonyl (C=O) groups is 2. The first-order chi connectivity index (χ1) is 14.8. The first-order valence-electron chi connectivity index (χ1n) is 10.9. The van der Waals surface area contributed by atoms with E-state index in [0.29, 0.717) is 39.8 Å². The molecule has 0 unspecified atom stereocenters. The highest BCUT2D eigenvalue weighted by Crippen LogP contribution is 2.40. The SMILES string of the molecule is Cc1noc2nc(C3CC3)cc(C(=O)OCC(=O)c3cc(C)n(CCC(C)C)c3C)c12. The van der Waals surface area contributed by atoms with Crippen LogP contribution in [-0.2, 0) is 11.3 Å². The Morgan fingerprint density at radius 2 is 1.94 bits per heavy atom. The van der Waals surface area contributed by atoms with E-state index in [1.807, 2.05) is 19.9 Å². The van der Waals surface area contributed by atoms with Gasteiger partial charge in [0.2, 0.25) is 5.78 Å². The molecule has 3 heterocycles. The van der Waals surface area contributed by atoms with Crippen molar-refractivity contribution in [3.8, 4) is 0 Å². The lowest BCUT2D eigenvalue weighted by atomic mass is 10.1. The van der Waals surface area contributed by atoms with Crippen molar-refractivity contribution < 1.29 is 18.8 Å². The zero-order valence-electron chi connectivity index (χ0n) is 18.8. The summed E-state index contributed by atoms with van der Waals surface area (Å²) >= 11 is 0. The largest absolute Gasteiger partial charge is 0.454 e. The van der Waals surface area contributed by atoms with Crippen LogP contribution >= 0.6 is 0 Å². The van der Waals surface area contributed by atoms with Crippen LogP contribution in [0.5, 0.6) is 0 Å². The maximum absolute atomic E-state index is 12.9. The van der Waals surface area contributed by atoms with E-state index in [-0.39, 0.29) is 12.4 Å². The van der Waals surface area contributed by atoms with Crippen LogP contribution in [0.2, 0.25) is 0 Å². The van der Waals surface area contributed by atoms with Crippen molar-refractivity contribution in [2.45, 2.75) is 66.3 Å². The van der Waals surface area contributed by atoms with E-state index in [4.69, 9.17) is 9.26 Å². The number of aromatic nitrogens is 3. The van der Waals surface area contributed by atoms with Crippen molar-refractivity contribution in [2.75, 3.05) is 6.61 Å². The van der Waals surface area contributed by atoms with Gasteiger partial charge in [0, 0.05) is 35.1 Å². The Morgan fingerprint density at radius 3 is 2.61 bits per heavy atom. The maximum atomic E-state index is 12.9. The van der Waals surface area contributed by atoms with Crippen molar-refractivity contribution in [2.24, 2.45) is 5.92 Å². The van der Waals surface area contributed by atoms with Crippen LogP contribution < -0.4 is 0 Å². The van der Waals surface area contributed by atoms with E-state index in [1.165, 1.54) is 0 Å². The second-order valence-electron chi connectivity index (χ2n) is 8.94. The molecular formula is C24H29N3O4. The molecule has 0 aliphatic heterocycles. The molecule has 1 aliphatic rings. The van der Waals surface area contributed by atoms with Crippen molar-refractivity contribution in [1.82, 2.24) is 14.7 Å². The molecule has 0 amide bonds. The molecule has 0 bridgehead atoms. The van der Waals surface area contributed by atoms with E-state index in [1.54, 1.807) is 13.0 Å². The standard InChI is InChI=1S/C24H29N3O4/c1-13(2)8-9-27-14(3)10-18(16(27)5)21(28)12-30-24(29)19-11-20(17-6-7-17)25-23-22(19)15(4)26-31-23/h10-11,13,17H,6-9,12H2,1-5H3. The van der Waals surface area contributed by atoms with E-state index in [2.05, 4.69) is 28.6 Å². The third-order valence-electron chi connectivity index (χ3n) is 5.99. The second kappa shape index (κ2) is 8.29. The highest BCUT2D eigenvalue weighted by atomic mass is 16.5. The third-order valence-corrected chi connectivity index (χ3v) is 5.99. The Hall–Kier alpha value is -2.96. The molecule has 1 fully saturated rings. The summed E-state index contributed by atoms with van der Waals surface area (Å²) < 4.78 is 12.9. The van der Waals surface area contributed by atoms with Crippen LogP contribution in [0.4, 0.5) is 0 Å². The summed E-state index contributed by atoms with van der Waals surface area (Å²) in [7, 11) is 0. The van der Waals surface area contributed by atoms with Gasteiger partial charge in [-0.1, -0.05) is 19.0 Å². The minimum Gasteiger partial charge on any atom is -0.454 e. The number of ketones is 1. The average molecular weight is 424 g/mol. The van der Waals surface area contributed by atoms with Gasteiger partial charge in [-0.3, -0.25) is 4.79 Å². The Kier molecular flexibility index (Phi) is 5.69. The summed E-state index contributed by atoms with van der Waals surface area (Å²) in [6.45, 7) is 10.6. The van der Waals surface area contributed by atoms with Crippen LogP contribution in [0.1, 0.15) is 82.5 Å². The molecule has 1 aliphatic carbocycles. The number of carbonyl (C=O) groups excluding carboxylic acids is 2. The molecule has 7 nitrogen and oxygen atoms in total. The molecule has 3 aromatic heterocycles. The van der Waals surface area contributed by atoms with E-state index in [0.717, 1.165) is 42.9 Å². The lowest BCUT2D eigenvalue weighted by Crippen LogP contribution is -2.16. The molecule has 0 atom stereocenters. The predicted molar refractivity (Wildman–Crippen MR) is 116 cm³/mol. The number of aryl methyl sites for hydroxylation is 2. The smallest absolute Gasteiger partial charge is 0.339 e. The average Bonchev–Trinajstić information content (AvgIpc) is 3.46. The van der Waals surface area contributed by atoms with Gasteiger partial charge in [-0.05, 0) is 58.1 Å².